The van der Waals surface area contributed by atoms with E-state index in [1.807, 2.05) is 38.1 Å². The van der Waals surface area contributed by atoms with Gasteiger partial charge in [0.05, 0.1) is 13.2 Å². The zero-order valence-electron chi connectivity index (χ0n) is 18.1. The minimum Gasteiger partial charge on any atom is -0.496 e. The van der Waals surface area contributed by atoms with Gasteiger partial charge in [-0.15, -0.1) is 0 Å². The largest absolute Gasteiger partial charge is 0.496 e. The number of nitrogens with one attached hydrogen (secondary N) is 2. The standard InChI is InChI=1S/C22H32N6O2/c1-17-6-7-20(30-3)19(16-17)18(2)26-22(29)25-10-5-11-27-12-14-28(15-13-27)21-23-8-4-9-24-21/h4,6-9,16,18H,5,10-15H2,1-3H3,(H2,25,26,29). The molecule has 1 aliphatic heterocycles. The number of hydrogen-bond acceptors (Lipinski definition) is 6. The molecule has 2 N–H and O–H groups in total. The summed E-state index contributed by atoms with van der Waals surface area (Å²) in [4.78, 5) is 25.5. The van der Waals surface area contributed by atoms with Gasteiger partial charge in [-0.2, -0.15) is 0 Å². The van der Waals surface area contributed by atoms with Gasteiger partial charge in [-0.25, -0.2) is 14.8 Å². The maximum Gasteiger partial charge on any atom is 0.315 e. The average Bonchev–Trinajstić information content (AvgIpc) is 2.77. The van der Waals surface area contributed by atoms with Crippen LogP contribution in [0.15, 0.2) is 36.7 Å². The summed E-state index contributed by atoms with van der Waals surface area (Å²) in [6.45, 7) is 9.41. The Morgan fingerprint density at radius 1 is 1.20 bits per heavy atom. The number of nitrogens with zero attached hydrogens (tertiary/aromatic N) is 4. The number of aryl methyl sites for hydroxylation is 1. The molecular weight excluding hydrogens is 380 g/mol. The van der Waals surface area contributed by atoms with Crippen LogP contribution < -0.4 is 20.3 Å². The van der Waals surface area contributed by atoms with Crippen LogP contribution in [0.2, 0.25) is 0 Å². The molecule has 30 heavy (non-hydrogen) atoms. The zero-order chi connectivity index (χ0) is 21.3. The van der Waals surface area contributed by atoms with Gasteiger partial charge in [-0.3, -0.25) is 4.90 Å². The van der Waals surface area contributed by atoms with E-state index in [0.29, 0.717) is 6.54 Å². The Labute approximate surface area is 178 Å². The highest BCUT2D eigenvalue weighted by Gasteiger charge is 2.18. The first-order valence-corrected chi connectivity index (χ1v) is 10.5. The number of carbonyl (C=O) groups excluding carboxylic acids is 1. The number of hydrogen-bond donors (Lipinski definition) is 2. The molecule has 2 aromatic rings. The SMILES string of the molecule is COc1ccc(C)cc1C(C)NC(=O)NCCCN1CCN(c2ncccn2)CC1. The summed E-state index contributed by atoms with van der Waals surface area (Å²) in [7, 11) is 1.65. The molecule has 0 bridgehead atoms. The van der Waals surface area contributed by atoms with Crippen molar-refractivity contribution >= 4 is 12.0 Å². The van der Waals surface area contributed by atoms with E-state index in [0.717, 1.165) is 62.0 Å². The van der Waals surface area contributed by atoms with Gasteiger partial charge >= 0.3 is 6.03 Å². The van der Waals surface area contributed by atoms with Crippen LogP contribution in [0, 0.1) is 6.92 Å². The van der Waals surface area contributed by atoms with Gasteiger partial charge in [0.15, 0.2) is 0 Å². The van der Waals surface area contributed by atoms with Crippen LogP contribution in [0.25, 0.3) is 0 Å². The number of methoxy groups -OCH3 is 1. The van der Waals surface area contributed by atoms with Crippen molar-refractivity contribution in [2.45, 2.75) is 26.3 Å². The fraction of sp³-hybridized carbons (Fsp3) is 0.500. The first-order valence-electron chi connectivity index (χ1n) is 10.5. The summed E-state index contributed by atoms with van der Waals surface area (Å²) < 4.78 is 5.42. The molecule has 8 heteroatoms. The molecule has 162 valence electrons. The van der Waals surface area contributed by atoms with Crippen molar-refractivity contribution < 1.29 is 9.53 Å². The Morgan fingerprint density at radius 3 is 2.63 bits per heavy atom. The number of amides is 2. The van der Waals surface area contributed by atoms with Gasteiger partial charge in [0.25, 0.3) is 0 Å². The predicted octanol–water partition coefficient (Wildman–Crippen LogP) is 2.37. The number of rotatable bonds is 8. The van der Waals surface area contributed by atoms with Crippen LogP contribution in [0.3, 0.4) is 0 Å². The van der Waals surface area contributed by atoms with E-state index in [1.165, 1.54) is 0 Å². The number of ether oxygens (including phenoxy) is 1. The molecule has 3 rings (SSSR count). The van der Waals surface area contributed by atoms with E-state index in [2.05, 4.69) is 30.4 Å². The molecule has 1 fully saturated rings. The minimum absolute atomic E-state index is 0.131. The molecule has 1 aromatic heterocycles. The van der Waals surface area contributed by atoms with Crippen molar-refractivity contribution in [2.75, 3.05) is 51.3 Å². The third kappa shape index (κ3) is 6.06. The van der Waals surface area contributed by atoms with E-state index in [4.69, 9.17) is 4.74 Å². The Morgan fingerprint density at radius 2 is 1.93 bits per heavy atom. The van der Waals surface area contributed by atoms with Gasteiger partial charge in [0.1, 0.15) is 5.75 Å². The van der Waals surface area contributed by atoms with Crippen molar-refractivity contribution in [3.05, 3.63) is 47.8 Å². The monoisotopic (exact) mass is 412 g/mol. The molecular formula is C22H32N6O2. The van der Waals surface area contributed by atoms with Crippen molar-refractivity contribution in [1.29, 1.82) is 0 Å². The first-order chi connectivity index (χ1) is 14.6. The second kappa shape index (κ2) is 10.8. The minimum atomic E-state index is -0.155. The predicted molar refractivity (Wildman–Crippen MR) is 118 cm³/mol. The topological polar surface area (TPSA) is 82.6 Å². The molecule has 0 aliphatic carbocycles. The highest BCUT2D eigenvalue weighted by atomic mass is 16.5. The van der Waals surface area contributed by atoms with E-state index < -0.39 is 0 Å². The lowest BCUT2D eigenvalue weighted by Gasteiger charge is -2.34. The molecule has 1 atom stereocenters. The Hall–Kier alpha value is -2.87. The van der Waals surface area contributed by atoms with E-state index in [9.17, 15) is 4.79 Å². The Kier molecular flexibility index (Phi) is 7.84. The van der Waals surface area contributed by atoms with E-state index in [-0.39, 0.29) is 12.1 Å². The Balaban J connectivity index is 1.34. The second-order valence-electron chi connectivity index (χ2n) is 7.60. The molecule has 1 aromatic carbocycles. The third-order valence-electron chi connectivity index (χ3n) is 5.34. The maximum absolute atomic E-state index is 12.3. The van der Waals surface area contributed by atoms with Crippen LogP contribution >= 0.6 is 0 Å². The normalized spacial score (nSPS) is 15.5. The van der Waals surface area contributed by atoms with Crippen LogP contribution in [-0.2, 0) is 0 Å². The highest BCUT2D eigenvalue weighted by Crippen LogP contribution is 2.25. The molecule has 0 saturated carbocycles. The molecule has 1 unspecified atom stereocenters. The molecule has 0 spiro atoms. The number of benzene rings is 1. The molecule has 1 aliphatic rings. The number of urea groups is 1. The molecule has 2 heterocycles. The smallest absolute Gasteiger partial charge is 0.315 e. The van der Waals surface area contributed by atoms with Crippen molar-refractivity contribution in [2.24, 2.45) is 0 Å². The van der Waals surface area contributed by atoms with Crippen LogP contribution in [-0.4, -0.2) is 67.3 Å². The second-order valence-corrected chi connectivity index (χ2v) is 7.60. The summed E-state index contributed by atoms with van der Waals surface area (Å²) in [5, 5.41) is 5.96. The van der Waals surface area contributed by atoms with Crippen LogP contribution in [0.5, 0.6) is 5.75 Å². The third-order valence-corrected chi connectivity index (χ3v) is 5.34. The van der Waals surface area contributed by atoms with E-state index >= 15 is 0 Å². The summed E-state index contributed by atoms with van der Waals surface area (Å²) in [6, 6.07) is 7.53. The van der Waals surface area contributed by atoms with Gasteiger partial charge in [0.2, 0.25) is 5.95 Å². The lowest BCUT2D eigenvalue weighted by atomic mass is 10.0. The molecule has 0 radical (unpaired) electrons. The van der Waals surface area contributed by atoms with Crippen LogP contribution in [0.1, 0.15) is 30.5 Å². The maximum atomic E-state index is 12.3. The summed E-state index contributed by atoms with van der Waals surface area (Å²) in [5.74, 6) is 1.59. The van der Waals surface area contributed by atoms with Crippen molar-refractivity contribution in [3.8, 4) is 5.75 Å². The number of carbonyl (C=O) groups is 1. The van der Waals surface area contributed by atoms with Gasteiger partial charge in [0, 0.05) is 50.7 Å². The first kappa shape index (κ1) is 21.8. The lowest BCUT2D eigenvalue weighted by molar-refractivity contribution is 0.233. The number of aromatic nitrogens is 2. The Bertz CT molecular complexity index is 809. The van der Waals surface area contributed by atoms with Gasteiger partial charge in [-0.1, -0.05) is 17.7 Å². The number of anilines is 1. The lowest BCUT2D eigenvalue weighted by Crippen LogP contribution is -2.47. The molecule has 1 saturated heterocycles. The fourth-order valence-corrected chi connectivity index (χ4v) is 3.65. The highest BCUT2D eigenvalue weighted by molar-refractivity contribution is 5.74. The fourth-order valence-electron chi connectivity index (χ4n) is 3.65. The summed E-state index contributed by atoms with van der Waals surface area (Å²) >= 11 is 0. The van der Waals surface area contributed by atoms with Gasteiger partial charge < -0.3 is 20.3 Å². The summed E-state index contributed by atoms with van der Waals surface area (Å²) in [6.07, 6.45) is 4.47. The van der Waals surface area contributed by atoms with Crippen molar-refractivity contribution in [1.82, 2.24) is 25.5 Å². The van der Waals surface area contributed by atoms with E-state index in [1.54, 1.807) is 19.5 Å². The number of piperazine rings is 1. The molecule has 2 amide bonds. The zero-order valence-corrected chi connectivity index (χ0v) is 18.1. The molecule has 8 nitrogen and oxygen atoms in total. The quantitative estimate of drug-likeness (QED) is 0.648. The summed E-state index contributed by atoms with van der Waals surface area (Å²) in [5.41, 5.74) is 2.12. The van der Waals surface area contributed by atoms with Crippen molar-refractivity contribution in [3.63, 3.8) is 0 Å². The van der Waals surface area contributed by atoms with Gasteiger partial charge in [-0.05, 0) is 38.9 Å². The average molecular weight is 413 g/mol. The van der Waals surface area contributed by atoms with Crippen LogP contribution in [0.4, 0.5) is 10.7 Å².